The molecule has 47 heavy (non-hydrogen) atoms. The highest BCUT2D eigenvalue weighted by molar-refractivity contribution is 5.93. The molecule has 1 aromatic carbocycles. The summed E-state index contributed by atoms with van der Waals surface area (Å²) in [5.41, 5.74) is -1.86. The van der Waals surface area contributed by atoms with Crippen molar-refractivity contribution in [2.75, 3.05) is 27.3 Å². The molecule has 0 heterocycles. The van der Waals surface area contributed by atoms with Crippen LogP contribution in [0.5, 0.6) is 5.75 Å². The summed E-state index contributed by atoms with van der Waals surface area (Å²) in [7, 11) is 3.10. The second kappa shape index (κ2) is 23.6. The van der Waals surface area contributed by atoms with Crippen LogP contribution in [-0.4, -0.2) is 82.7 Å². The maximum atomic E-state index is 13.6. The van der Waals surface area contributed by atoms with Crippen LogP contribution < -0.4 is 10.1 Å². The van der Waals surface area contributed by atoms with Crippen molar-refractivity contribution in [3.05, 3.63) is 42.0 Å². The van der Waals surface area contributed by atoms with Crippen LogP contribution in [0, 0.1) is 17.8 Å². The summed E-state index contributed by atoms with van der Waals surface area (Å²) in [5.74, 6) is 2.01. The molecule has 0 aliphatic rings. The van der Waals surface area contributed by atoms with Gasteiger partial charge in [-0.05, 0) is 50.3 Å². The van der Waals surface area contributed by atoms with Crippen LogP contribution >= 0.6 is 0 Å². The number of allylic oxidation sites excluding steroid dienone is 1. The Bertz CT molecular complexity index is 1180. The molecule has 10 nitrogen and oxygen atoms in total. The van der Waals surface area contributed by atoms with Crippen molar-refractivity contribution in [1.29, 1.82) is 0 Å². The fourth-order valence-electron chi connectivity index (χ4n) is 5.17. The fraction of sp³-hybridized carbons (Fsp3) is 0.622. The Balaban J connectivity index is 2.88. The third-order valence-electron chi connectivity index (χ3n) is 8.03. The number of hydrogen-bond donors (Lipinski definition) is 4. The van der Waals surface area contributed by atoms with E-state index in [1.165, 1.54) is 30.2 Å². The van der Waals surface area contributed by atoms with Gasteiger partial charge in [0.05, 0.1) is 5.92 Å². The molecule has 2 amide bonds. The number of likely N-dealkylation sites (N-methyl/N-ethyl adjacent to an activating group) is 1. The third kappa shape index (κ3) is 16.1. The number of unbranched alkanes of at least 4 members (excludes halogenated alkanes) is 8. The summed E-state index contributed by atoms with van der Waals surface area (Å²) >= 11 is 0. The number of hydrogen-bond acceptors (Lipinski definition) is 7. The van der Waals surface area contributed by atoms with Crippen molar-refractivity contribution < 1.29 is 39.2 Å². The Hall–Kier alpha value is -3.68. The van der Waals surface area contributed by atoms with Crippen molar-refractivity contribution in [2.45, 2.75) is 115 Å². The van der Waals surface area contributed by atoms with Gasteiger partial charge < -0.3 is 30.3 Å². The molecule has 0 aliphatic heterocycles. The van der Waals surface area contributed by atoms with Crippen molar-refractivity contribution in [1.82, 2.24) is 10.2 Å². The summed E-state index contributed by atoms with van der Waals surface area (Å²) in [5, 5.41) is 33.2. The van der Waals surface area contributed by atoms with Gasteiger partial charge in [0.2, 0.25) is 11.8 Å². The molecule has 4 N–H and O–H groups in total. The molecule has 1 rings (SSSR count). The number of nitrogens with zero attached hydrogens (tertiary/aromatic N) is 1. The lowest BCUT2D eigenvalue weighted by atomic mass is 9.83. The first-order valence-corrected chi connectivity index (χ1v) is 16.9. The molecule has 262 valence electrons. The van der Waals surface area contributed by atoms with Crippen LogP contribution in [-0.2, 0) is 25.6 Å². The number of amides is 2. The largest absolute Gasteiger partial charge is 0.481 e. The second-order valence-corrected chi connectivity index (χ2v) is 12.1. The van der Waals surface area contributed by atoms with Gasteiger partial charge in [0.1, 0.15) is 24.2 Å². The maximum absolute atomic E-state index is 13.6. The average molecular weight is 657 g/mol. The molecule has 0 saturated carbocycles. The van der Waals surface area contributed by atoms with Gasteiger partial charge in [-0.1, -0.05) is 75.7 Å². The molecule has 0 unspecified atom stereocenters. The maximum Gasteiger partial charge on any atom is 0.336 e. The number of Topliss-reactive ketones (excluding diaryl/α,β-unsaturated/α-hetero) is 1. The van der Waals surface area contributed by atoms with Crippen molar-refractivity contribution >= 4 is 23.6 Å². The van der Waals surface area contributed by atoms with E-state index < -0.39 is 48.4 Å². The highest BCUT2D eigenvalue weighted by atomic mass is 16.5. The minimum absolute atomic E-state index is 0.112. The number of rotatable bonds is 25. The summed E-state index contributed by atoms with van der Waals surface area (Å²) in [6.45, 7) is 3.47. The molecule has 3 atom stereocenters. The lowest BCUT2D eigenvalue weighted by Crippen LogP contribution is -2.56. The number of aliphatic hydroxyl groups is 2. The lowest BCUT2D eigenvalue weighted by molar-refractivity contribution is -0.168. The molecular formula is C37H56N2O8. The summed E-state index contributed by atoms with van der Waals surface area (Å²) in [4.78, 5) is 52.3. The van der Waals surface area contributed by atoms with Crippen LogP contribution in [0.4, 0.5) is 0 Å². The van der Waals surface area contributed by atoms with E-state index in [9.17, 15) is 34.5 Å². The third-order valence-corrected chi connectivity index (χ3v) is 8.03. The minimum atomic E-state index is -2.59. The van der Waals surface area contributed by atoms with E-state index in [0.29, 0.717) is 30.8 Å². The average Bonchev–Trinajstić information content (AvgIpc) is 3.04. The molecule has 0 spiro atoms. The zero-order valence-corrected chi connectivity index (χ0v) is 28.8. The van der Waals surface area contributed by atoms with E-state index in [1.54, 1.807) is 51.4 Å². The normalized spacial score (nSPS) is 13.6. The summed E-state index contributed by atoms with van der Waals surface area (Å²) < 4.78 is 5.53. The topological polar surface area (TPSA) is 153 Å². The Kier molecular flexibility index (Phi) is 20.8. The standard InChI is InChI=1S/C37H56N2O8/c1-5-7-9-12-15-18-30(41)19-16-13-10-11-14-17-20-32(37(46,25-26-40)36(44)45)34(42)38-33(35(43)39(3)4)28-29-21-23-31(24-22-29)47-27-8-6-2/h17,20-24,32-33,40,46H,5,7,9-16,18-19,25-28H2,1-4H3,(H,38,42)(H,44,45)/t32-,33+,37+/m1/s1. The Morgan fingerprint density at radius 3 is 2.15 bits per heavy atom. The molecule has 0 saturated heterocycles. The molecular weight excluding hydrogens is 600 g/mol. The predicted molar refractivity (Wildman–Crippen MR) is 183 cm³/mol. The number of carbonyl (C=O) groups excluding carboxylic acids is 3. The fourth-order valence-corrected chi connectivity index (χ4v) is 5.17. The van der Waals surface area contributed by atoms with Crippen molar-refractivity contribution in [3.8, 4) is 17.6 Å². The van der Waals surface area contributed by atoms with Crippen LogP contribution in [0.1, 0.15) is 103 Å². The summed E-state index contributed by atoms with van der Waals surface area (Å²) in [6, 6.07) is 5.94. The van der Waals surface area contributed by atoms with Crippen LogP contribution in [0.15, 0.2) is 36.4 Å². The van der Waals surface area contributed by atoms with E-state index >= 15 is 0 Å². The van der Waals surface area contributed by atoms with Crippen LogP contribution in [0.2, 0.25) is 0 Å². The van der Waals surface area contributed by atoms with Gasteiger partial charge in [0.25, 0.3) is 0 Å². The van der Waals surface area contributed by atoms with Crippen molar-refractivity contribution in [3.63, 3.8) is 0 Å². The number of ether oxygens (including phenoxy) is 1. The van der Waals surface area contributed by atoms with Gasteiger partial charge >= 0.3 is 5.97 Å². The van der Waals surface area contributed by atoms with Gasteiger partial charge in [-0.2, -0.15) is 0 Å². The van der Waals surface area contributed by atoms with Crippen LogP contribution in [0.3, 0.4) is 0 Å². The van der Waals surface area contributed by atoms with E-state index in [1.807, 2.05) is 0 Å². The first-order chi connectivity index (χ1) is 22.5. The zero-order chi connectivity index (χ0) is 35.1. The lowest BCUT2D eigenvalue weighted by Gasteiger charge is -2.31. The van der Waals surface area contributed by atoms with Crippen molar-refractivity contribution in [2.24, 2.45) is 5.92 Å². The predicted octanol–water partition coefficient (Wildman–Crippen LogP) is 4.84. The van der Waals surface area contributed by atoms with Gasteiger partial charge in [0.15, 0.2) is 5.60 Å². The first-order valence-electron chi connectivity index (χ1n) is 16.9. The second-order valence-electron chi connectivity index (χ2n) is 12.1. The number of carboxylic acids is 1. The first kappa shape index (κ1) is 41.3. The van der Waals surface area contributed by atoms with Gasteiger partial charge in [-0.25, -0.2) is 4.79 Å². The number of benzene rings is 1. The minimum Gasteiger partial charge on any atom is -0.481 e. The van der Waals surface area contributed by atoms with E-state index in [2.05, 4.69) is 24.1 Å². The smallest absolute Gasteiger partial charge is 0.336 e. The van der Waals surface area contributed by atoms with Gasteiger partial charge in [0, 0.05) is 46.4 Å². The molecule has 1 aromatic rings. The number of nitrogens with one attached hydrogen (secondary N) is 1. The van der Waals surface area contributed by atoms with E-state index in [4.69, 9.17) is 4.74 Å². The Morgan fingerprint density at radius 1 is 0.979 bits per heavy atom. The molecule has 0 radical (unpaired) electrons. The Labute approximate surface area is 281 Å². The quantitative estimate of drug-likeness (QED) is 0.0663. The summed E-state index contributed by atoms with van der Waals surface area (Å²) in [6.07, 6.45) is 13.3. The molecule has 0 fully saturated rings. The monoisotopic (exact) mass is 656 g/mol. The number of ketones is 1. The van der Waals surface area contributed by atoms with E-state index in [0.717, 1.165) is 44.1 Å². The SMILES string of the molecule is CC#CCOc1ccc(C[C@H](NC(=O)[C@@H](C=CCCCCCCC(=O)CCCCCCC)[C@@](O)(CCO)C(=O)O)C(=O)N(C)C)cc1. The highest BCUT2D eigenvalue weighted by Gasteiger charge is 2.47. The number of aliphatic hydroxyl groups excluding tert-OH is 1. The number of carbonyl (C=O) groups is 4. The number of carboxylic acid groups (broad SMARTS) is 1. The molecule has 0 aromatic heterocycles. The molecule has 10 heteroatoms. The Morgan fingerprint density at radius 2 is 1.60 bits per heavy atom. The molecule has 0 aliphatic carbocycles. The van der Waals surface area contributed by atoms with Gasteiger partial charge in [-0.3, -0.25) is 14.4 Å². The number of aliphatic carboxylic acids is 1. The zero-order valence-electron chi connectivity index (χ0n) is 28.8. The highest BCUT2D eigenvalue weighted by Crippen LogP contribution is 2.25. The van der Waals surface area contributed by atoms with Gasteiger partial charge in [-0.15, -0.1) is 5.92 Å². The van der Waals surface area contributed by atoms with E-state index in [-0.39, 0.29) is 13.0 Å². The molecule has 0 bridgehead atoms. The van der Waals surface area contributed by atoms with Crippen LogP contribution in [0.25, 0.3) is 0 Å².